The summed E-state index contributed by atoms with van der Waals surface area (Å²) in [6.07, 6.45) is 17.5. The molecule has 6 atom stereocenters. The fourth-order valence-electron chi connectivity index (χ4n) is 7.79. The molecule has 2 nitrogen and oxygen atoms in total. The number of hydrogen-bond donors (Lipinski definition) is 1. The minimum absolute atomic E-state index is 0.243. The Balaban J connectivity index is 1.52. The molecule has 6 unspecified atom stereocenters. The van der Waals surface area contributed by atoms with Gasteiger partial charge in [0.05, 0.1) is 0 Å². The van der Waals surface area contributed by atoms with Gasteiger partial charge in [0.1, 0.15) is 0 Å². The number of allylic oxidation sites excluding steroid dienone is 4. The van der Waals surface area contributed by atoms with Crippen molar-refractivity contribution in [3.63, 3.8) is 0 Å². The zero-order valence-corrected chi connectivity index (χ0v) is 18.3. The van der Waals surface area contributed by atoms with Crippen molar-refractivity contribution in [3.8, 4) is 0 Å². The molecule has 2 fully saturated rings. The highest BCUT2D eigenvalue weighted by molar-refractivity contribution is 5.91. The first-order valence-electron chi connectivity index (χ1n) is 11.9. The topological polar surface area (TPSA) is 37.3 Å². The van der Waals surface area contributed by atoms with Crippen LogP contribution in [-0.2, 0) is 4.79 Å². The second kappa shape index (κ2) is 7.74. The summed E-state index contributed by atoms with van der Waals surface area (Å²) in [6.45, 7) is 7.90. The summed E-state index contributed by atoms with van der Waals surface area (Å²) in [6, 6.07) is 0. The lowest BCUT2D eigenvalue weighted by Gasteiger charge is -2.55. The van der Waals surface area contributed by atoms with E-state index in [4.69, 9.17) is 5.11 Å². The molecule has 1 N–H and O–H groups in total. The van der Waals surface area contributed by atoms with Crippen molar-refractivity contribution in [3.05, 3.63) is 23.3 Å². The standard InChI is InChI=1S/C26H40O2/c1-18(7-5-4-6-16-27)22-10-11-23-21-9-8-19-17-20(28)12-14-25(19,2)24(21)13-15-26(22,23)3/h9,17-18,22-24,27H,4-8,10-16H2,1-3H3. The largest absolute Gasteiger partial charge is 0.396 e. The summed E-state index contributed by atoms with van der Waals surface area (Å²) in [7, 11) is 0. The number of carbonyl (C=O) groups excluding carboxylic acids is 1. The Morgan fingerprint density at radius 2 is 1.93 bits per heavy atom. The van der Waals surface area contributed by atoms with Gasteiger partial charge in [0.2, 0.25) is 0 Å². The first-order chi connectivity index (χ1) is 13.4. The number of ketones is 1. The van der Waals surface area contributed by atoms with Crippen molar-refractivity contribution < 1.29 is 9.90 Å². The van der Waals surface area contributed by atoms with Crippen molar-refractivity contribution >= 4 is 5.78 Å². The fraction of sp³-hybridized carbons (Fsp3) is 0.808. The zero-order chi connectivity index (χ0) is 19.9. The van der Waals surface area contributed by atoms with Gasteiger partial charge in [-0.05, 0) is 85.5 Å². The van der Waals surface area contributed by atoms with Crippen LogP contribution in [0.4, 0.5) is 0 Å². The lowest BCUT2D eigenvalue weighted by atomic mass is 9.50. The van der Waals surface area contributed by atoms with Crippen LogP contribution in [0.3, 0.4) is 0 Å². The number of aliphatic hydroxyl groups excluding tert-OH is 1. The summed E-state index contributed by atoms with van der Waals surface area (Å²) < 4.78 is 0. The minimum atomic E-state index is 0.243. The summed E-state index contributed by atoms with van der Waals surface area (Å²) in [4.78, 5) is 12.0. The molecule has 0 amide bonds. The Bertz CT molecular complexity index is 674. The Labute approximate surface area is 171 Å². The number of unbranched alkanes of at least 4 members (excludes halogenated alkanes) is 2. The van der Waals surface area contributed by atoms with Gasteiger partial charge in [0, 0.05) is 13.0 Å². The monoisotopic (exact) mass is 384 g/mol. The van der Waals surface area contributed by atoms with Crippen LogP contribution in [0.5, 0.6) is 0 Å². The highest BCUT2D eigenvalue weighted by atomic mass is 16.2. The van der Waals surface area contributed by atoms with Gasteiger partial charge in [-0.2, -0.15) is 0 Å². The Kier molecular flexibility index (Phi) is 5.64. The summed E-state index contributed by atoms with van der Waals surface area (Å²) in [5, 5.41) is 9.04. The number of aliphatic hydroxyl groups is 1. The van der Waals surface area contributed by atoms with Crippen molar-refractivity contribution in [2.75, 3.05) is 6.61 Å². The number of carbonyl (C=O) groups is 1. The third-order valence-corrected chi connectivity index (χ3v) is 9.48. The van der Waals surface area contributed by atoms with Crippen molar-refractivity contribution in [2.24, 2.45) is 34.5 Å². The molecular weight excluding hydrogens is 344 g/mol. The van der Waals surface area contributed by atoms with Crippen LogP contribution >= 0.6 is 0 Å². The van der Waals surface area contributed by atoms with E-state index >= 15 is 0 Å². The molecule has 2 heteroatoms. The van der Waals surface area contributed by atoms with E-state index in [1.165, 1.54) is 50.5 Å². The van der Waals surface area contributed by atoms with Crippen LogP contribution in [0.2, 0.25) is 0 Å². The molecule has 0 heterocycles. The van der Waals surface area contributed by atoms with Crippen LogP contribution in [0.25, 0.3) is 0 Å². The van der Waals surface area contributed by atoms with E-state index in [9.17, 15) is 4.79 Å². The Morgan fingerprint density at radius 1 is 1.11 bits per heavy atom. The van der Waals surface area contributed by atoms with E-state index in [1.807, 2.05) is 6.08 Å². The van der Waals surface area contributed by atoms with Crippen molar-refractivity contribution in [1.82, 2.24) is 0 Å². The maximum absolute atomic E-state index is 12.0. The van der Waals surface area contributed by atoms with E-state index < -0.39 is 0 Å². The molecule has 0 saturated heterocycles. The van der Waals surface area contributed by atoms with Gasteiger partial charge in [-0.3, -0.25) is 4.79 Å². The second-order valence-electron chi connectivity index (χ2n) is 10.8. The molecule has 28 heavy (non-hydrogen) atoms. The predicted octanol–water partition coefficient (Wildman–Crippen LogP) is 6.24. The van der Waals surface area contributed by atoms with E-state index in [2.05, 4.69) is 26.8 Å². The smallest absolute Gasteiger partial charge is 0.155 e. The SMILES string of the molecule is CC(CCCCCO)C1CCC2C3=CCC4=CC(=O)CCC4(C)C3CCC21C. The van der Waals surface area contributed by atoms with E-state index in [1.54, 1.807) is 5.57 Å². The summed E-state index contributed by atoms with van der Waals surface area (Å²) in [5.41, 5.74) is 3.92. The minimum Gasteiger partial charge on any atom is -0.396 e. The van der Waals surface area contributed by atoms with Gasteiger partial charge in [0.25, 0.3) is 0 Å². The third-order valence-electron chi connectivity index (χ3n) is 9.48. The Hall–Kier alpha value is -0.890. The summed E-state index contributed by atoms with van der Waals surface area (Å²) >= 11 is 0. The molecule has 4 rings (SSSR count). The van der Waals surface area contributed by atoms with E-state index in [0.29, 0.717) is 23.7 Å². The molecule has 4 aliphatic carbocycles. The van der Waals surface area contributed by atoms with Gasteiger partial charge in [-0.15, -0.1) is 0 Å². The van der Waals surface area contributed by atoms with Gasteiger partial charge in [-0.25, -0.2) is 0 Å². The predicted molar refractivity (Wildman–Crippen MR) is 115 cm³/mol. The second-order valence-corrected chi connectivity index (χ2v) is 10.8. The van der Waals surface area contributed by atoms with Crippen LogP contribution in [-0.4, -0.2) is 17.5 Å². The van der Waals surface area contributed by atoms with Crippen molar-refractivity contribution in [1.29, 1.82) is 0 Å². The first-order valence-corrected chi connectivity index (χ1v) is 11.9. The zero-order valence-electron chi connectivity index (χ0n) is 18.3. The van der Waals surface area contributed by atoms with Crippen molar-refractivity contribution in [2.45, 2.75) is 91.4 Å². The van der Waals surface area contributed by atoms with Crippen LogP contribution in [0.15, 0.2) is 23.3 Å². The number of hydrogen-bond acceptors (Lipinski definition) is 2. The maximum Gasteiger partial charge on any atom is 0.155 e. The Morgan fingerprint density at radius 3 is 2.71 bits per heavy atom. The van der Waals surface area contributed by atoms with Gasteiger partial charge >= 0.3 is 0 Å². The molecule has 0 aliphatic heterocycles. The summed E-state index contributed by atoms with van der Waals surface area (Å²) in [5.74, 6) is 3.45. The van der Waals surface area contributed by atoms with Crippen LogP contribution < -0.4 is 0 Å². The van der Waals surface area contributed by atoms with E-state index in [0.717, 1.165) is 43.4 Å². The van der Waals surface area contributed by atoms with Crippen LogP contribution in [0.1, 0.15) is 91.4 Å². The molecular formula is C26H40O2. The molecule has 0 spiro atoms. The molecule has 2 saturated carbocycles. The molecule has 0 aromatic rings. The normalized spacial score (nSPS) is 40.9. The molecule has 0 radical (unpaired) electrons. The molecule has 4 aliphatic rings. The average molecular weight is 385 g/mol. The fourth-order valence-corrected chi connectivity index (χ4v) is 7.79. The number of fused-ring (bicyclic) bond motifs is 5. The lowest BCUT2D eigenvalue weighted by molar-refractivity contribution is -0.116. The van der Waals surface area contributed by atoms with Crippen LogP contribution in [0, 0.1) is 34.5 Å². The first kappa shape index (κ1) is 20.4. The lowest BCUT2D eigenvalue weighted by Crippen LogP contribution is -2.46. The quantitative estimate of drug-likeness (QED) is 0.434. The molecule has 156 valence electrons. The molecule has 0 aromatic carbocycles. The average Bonchev–Trinajstić information content (AvgIpc) is 3.03. The van der Waals surface area contributed by atoms with E-state index in [-0.39, 0.29) is 5.41 Å². The van der Waals surface area contributed by atoms with Gasteiger partial charge in [0.15, 0.2) is 5.78 Å². The maximum atomic E-state index is 12.0. The molecule has 0 bridgehead atoms. The molecule has 0 aromatic heterocycles. The third kappa shape index (κ3) is 3.24. The number of rotatable bonds is 6. The van der Waals surface area contributed by atoms with Gasteiger partial charge in [-0.1, -0.05) is 57.3 Å². The van der Waals surface area contributed by atoms with Gasteiger partial charge < -0.3 is 5.11 Å². The highest BCUT2D eigenvalue weighted by Crippen LogP contribution is 2.66. The highest BCUT2D eigenvalue weighted by Gasteiger charge is 2.56.